The molecule has 0 atom stereocenters. The molecule has 2 aromatic carbocycles. The molecule has 0 spiro atoms. The van der Waals surface area contributed by atoms with Crippen LogP contribution in [0.25, 0.3) is 0 Å². The van der Waals surface area contributed by atoms with E-state index in [4.69, 9.17) is 9.47 Å². The van der Waals surface area contributed by atoms with E-state index in [0.717, 1.165) is 0 Å². The molecule has 1 amide bonds. The first-order chi connectivity index (χ1) is 13.0. The maximum atomic E-state index is 12.0. The predicted molar refractivity (Wildman–Crippen MR) is 98.6 cm³/mol. The number of nitrogens with one attached hydrogen (secondary N) is 1. The number of nitrogens with zero attached hydrogens (tertiary/aromatic N) is 2. The Hall–Kier alpha value is -3.62. The van der Waals surface area contributed by atoms with Crippen molar-refractivity contribution in [3.63, 3.8) is 0 Å². The number of amides is 1. The van der Waals surface area contributed by atoms with Crippen molar-refractivity contribution in [3.05, 3.63) is 57.6 Å². The lowest BCUT2D eigenvalue weighted by Gasteiger charge is -2.10. The highest BCUT2D eigenvalue weighted by molar-refractivity contribution is 5.97. The smallest absolute Gasteiger partial charge is 0.311 e. The van der Waals surface area contributed by atoms with Crippen LogP contribution in [-0.2, 0) is 0 Å². The summed E-state index contributed by atoms with van der Waals surface area (Å²) < 4.78 is 10.8. The molecule has 142 valence electrons. The van der Waals surface area contributed by atoms with Crippen LogP contribution >= 0.6 is 0 Å². The summed E-state index contributed by atoms with van der Waals surface area (Å²) in [5, 5.41) is 24.7. The van der Waals surface area contributed by atoms with Crippen molar-refractivity contribution >= 4 is 17.8 Å². The number of para-hydroxylation sites is 1. The molecular weight excluding hydrogens is 354 g/mol. The van der Waals surface area contributed by atoms with E-state index in [9.17, 15) is 20.0 Å². The van der Waals surface area contributed by atoms with Gasteiger partial charge in [-0.3, -0.25) is 14.9 Å². The molecule has 0 bridgehead atoms. The molecule has 0 aliphatic rings. The van der Waals surface area contributed by atoms with Crippen LogP contribution in [0.5, 0.6) is 17.2 Å². The van der Waals surface area contributed by atoms with Gasteiger partial charge in [0.1, 0.15) is 11.5 Å². The third-order valence-corrected chi connectivity index (χ3v) is 3.41. The Labute approximate surface area is 155 Å². The van der Waals surface area contributed by atoms with E-state index in [-0.39, 0.29) is 29.4 Å². The molecule has 2 rings (SSSR count). The second-order valence-corrected chi connectivity index (χ2v) is 5.20. The van der Waals surface area contributed by atoms with E-state index >= 15 is 0 Å². The molecule has 0 unspecified atom stereocenters. The number of nitro benzene ring substituents is 1. The predicted octanol–water partition coefficient (Wildman–Crippen LogP) is 2.86. The molecule has 9 heteroatoms. The summed E-state index contributed by atoms with van der Waals surface area (Å²) in [6.45, 7) is 4.07. The van der Waals surface area contributed by atoms with Crippen LogP contribution in [0, 0.1) is 10.1 Å². The van der Waals surface area contributed by atoms with Crippen molar-refractivity contribution in [1.82, 2.24) is 5.43 Å². The minimum absolute atomic E-state index is 0.0531. The van der Waals surface area contributed by atoms with Gasteiger partial charge in [-0.05, 0) is 26.0 Å². The van der Waals surface area contributed by atoms with Gasteiger partial charge >= 0.3 is 5.69 Å². The number of hydrazone groups is 1. The standard InChI is InChI=1S/C18H19N3O6/c1-3-26-16-10-17(27-4-2)14(21(24)25)9-12(16)11-19-20-18(23)13-7-5-6-8-15(13)22/h5-11,22H,3-4H2,1-2H3,(H,20,23)/b19-11-. The molecule has 2 N–H and O–H groups in total. The molecular formula is C18H19N3O6. The summed E-state index contributed by atoms with van der Waals surface area (Å²) in [7, 11) is 0. The topological polar surface area (TPSA) is 123 Å². The van der Waals surface area contributed by atoms with Crippen LogP contribution in [0.2, 0.25) is 0 Å². The Balaban J connectivity index is 2.29. The van der Waals surface area contributed by atoms with Gasteiger partial charge in [-0.2, -0.15) is 5.10 Å². The number of phenolic OH excluding ortho intramolecular Hbond substituents is 1. The van der Waals surface area contributed by atoms with Gasteiger partial charge in [-0.15, -0.1) is 0 Å². The number of carbonyl (C=O) groups excluding carboxylic acids is 1. The zero-order valence-electron chi connectivity index (χ0n) is 14.8. The van der Waals surface area contributed by atoms with Gasteiger partial charge in [0, 0.05) is 17.7 Å². The van der Waals surface area contributed by atoms with E-state index in [2.05, 4.69) is 10.5 Å². The van der Waals surface area contributed by atoms with Gasteiger partial charge in [0.2, 0.25) is 5.75 Å². The van der Waals surface area contributed by atoms with Gasteiger partial charge in [0.05, 0.1) is 29.9 Å². The average molecular weight is 373 g/mol. The highest BCUT2D eigenvalue weighted by Gasteiger charge is 2.19. The SMILES string of the molecule is CCOc1cc(OCC)c([N+](=O)[O-])cc1/C=N\NC(=O)c1ccccc1O. The fourth-order valence-corrected chi connectivity index (χ4v) is 2.25. The van der Waals surface area contributed by atoms with E-state index in [1.165, 1.54) is 30.5 Å². The van der Waals surface area contributed by atoms with E-state index < -0.39 is 10.8 Å². The molecule has 0 aliphatic heterocycles. The summed E-state index contributed by atoms with van der Waals surface area (Å²) in [5.74, 6) is -0.395. The number of nitro groups is 1. The van der Waals surface area contributed by atoms with Gasteiger partial charge in [-0.1, -0.05) is 12.1 Å². The lowest BCUT2D eigenvalue weighted by Crippen LogP contribution is -2.17. The molecule has 0 radical (unpaired) electrons. The Morgan fingerprint density at radius 1 is 1.22 bits per heavy atom. The first-order valence-electron chi connectivity index (χ1n) is 8.17. The van der Waals surface area contributed by atoms with E-state index in [1.807, 2.05) is 0 Å². The quantitative estimate of drug-likeness (QED) is 0.417. The number of aromatic hydroxyl groups is 1. The van der Waals surface area contributed by atoms with Gasteiger partial charge < -0.3 is 14.6 Å². The van der Waals surface area contributed by atoms with Crippen LogP contribution in [0.15, 0.2) is 41.5 Å². The molecule has 27 heavy (non-hydrogen) atoms. The van der Waals surface area contributed by atoms with Crippen molar-refractivity contribution in [3.8, 4) is 17.2 Å². The van der Waals surface area contributed by atoms with Crippen LogP contribution in [-0.4, -0.2) is 35.4 Å². The van der Waals surface area contributed by atoms with E-state index in [1.54, 1.807) is 26.0 Å². The fraction of sp³-hybridized carbons (Fsp3) is 0.222. The van der Waals surface area contributed by atoms with Crippen molar-refractivity contribution < 1.29 is 24.3 Å². The maximum Gasteiger partial charge on any atom is 0.311 e. The lowest BCUT2D eigenvalue weighted by atomic mass is 10.1. The van der Waals surface area contributed by atoms with Crippen LogP contribution < -0.4 is 14.9 Å². The monoisotopic (exact) mass is 373 g/mol. The second kappa shape index (κ2) is 9.18. The number of hydrogen-bond acceptors (Lipinski definition) is 7. The first kappa shape index (κ1) is 19.7. The van der Waals surface area contributed by atoms with Crippen LogP contribution in [0.4, 0.5) is 5.69 Å². The summed E-state index contributed by atoms with van der Waals surface area (Å²) in [6.07, 6.45) is 1.23. The van der Waals surface area contributed by atoms with Gasteiger partial charge in [-0.25, -0.2) is 5.43 Å². The van der Waals surface area contributed by atoms with Gasteiger partial charge in [0.25, 0.3) is 5.91 Å². The highest BCUT2D eigenvalue weighted by Crippen LogP contribution is 2.34. The lowest BCUT2D eigenvalue weighted by molar-refractivity contribution is -0.385. The third-order valence-electron chi connectivity index (χ3n) is 3.41. The Kier molecular flexibility index (Phi) is 6.70. The average Bonchev–Trinajstić information content (AvgIpc) is 2.63. The Morgan fingerprint density at radius 2 is 1.89 bits per heavy atom. The van der Waals surface area contributed by atoms with Crippen molar-refractivity contribution in [2.75, 3.05) is 13.2 Å². The number of rotatable bonds is 8. The summed E-state index contributed by atoms with van der Waals surface area (Å²) in [5.41, 5.74) is 2.37. The minimum Gasteiger partial charge on any atom is -0.507 e. The zero-order chi connectivity index (χ0) is 19.8. The number of phenols is 1. The molecule has 0 saturated carbocycles. The number of hydrogen-bond donors (Lipinski definition) is 2. The molecule has 0 fully saturated rings. The number of carbonyl (C=O) groups is 1. The summed E-state index contributed by atoms with van der Waals surface area (Å²) in [4.78, 5) is 22.7. The Morgan fingerprint density at radius 3 is 2.52 bits per heavy atom. The molecule has 0 aromatic heterocycles. The van der Waals surface area contributed by atoms with Crippen molar-refractivity contribution in [2.24, 2.45) is 5.10 Å². The maximum absolute atomic E-state index is 12.0. The van der Waals surface area contributed by atoms with Crippen molar-refractivity contribution in [2.45, 2.75) is 13.8 Å². The fourth-order valence-electron chi connectivity index (χ4n) is 2.25. The van der Waals surface area contributed by atoms with Gasteiger partial charge in [0.15, 0.2) is 0 Å². The van der Waals surface area contributed by atoms with Crippen LogP contribution in [0.3, 0.4) is 0 Å². The molecule has 9 nitrogen and oxygen atoms in total. The van der Waals surface area contributed by atoms with E-state index in [0.29, 0.717) is 17.9 Å². The third kappa shape index (κ3) is 4.94. The first-order valence-corrected chi connectivity index (χ1v) is 8.17. The second-order valence-electron chi connectivity index (χ2n) is 5.20. The van der Waals surface area contributed by atoms with Crippen LogP contribution in [0.1, 0.15) is 29.8 Å². The summed E-state index contributed by atoms with van der Waals surface area (Å²) in [6, 6.07) is 8.67. The zero-order valence-corrected chi connectivity index (χ0v) is 14.8. The number of benzene rings is 2. The Bertz CT molecular complexity index is 866. The largest absolute Gasteiger partial charge is 0.507 e. The highest BCUT2D eigenvalue weighted by atomic mass is 16.6. The molecule has 2 aromatic rings. The molecule has 0 heterocycles. The van der Waals surface area contributed by atoms with Crippen molar-refractivity contribution in [1.29, 1.82) is 0 Å². The molecule has 0 saturated heterocycles. The summed E-state index contributed by atoms with van der Waals surface area (Å²) >= 11 is 0. The normalized spacial score (nSPS) is 10.6. The minimum atomic E-state index is -0.622. The number of ether oxygens (including phenoxy) is 2. The molecule has 0 aliphatic carbocycles.